The molecule has 2 amide bonds. The second-order valence-corrected chi connectivity index (χ2v) is 7.91. The van der Waals surface area contributed by atoms with Crippen molar-refractivity contribution in [2.45, 2.75) is 40.7 Å². The highest BCUT2D eigenvalue weighted by Gasteiger charge is 2.26. The number of hydrogen-bond acceptors (Lipinski definition) is 5. The molecule has 0 atom stereocenters. The van der Waals surface area contributed by atoms with E-state index in [2.05, 4.69) is 36.5 Å². The molecule has 3 rings (SSSR count). The zero-order valence-corrected chi connectivity index (χ0v) is 19.7. The van der Waals surface area contributed by atoms with E-state index in [9.17, 15) is 14.0 Å². The molecule has 0 saturated heterocycles. The summed E-state index contributed by atoms with van der Waals surface area (Å²) in [5.41, 5.74) is 2.00. The zero-order chi connectivity index (χ0) is 24.1. The Bertz CT molecular complexity index is 871. The van der Waals surface area contributed by atoms with Crippen LogP contribution in [0.3, 0.4) is 0 Å². The maximum atomic E-state index is 14.1. The first kappa shape index (κ1) is 27.5. The molecule has 0 unspecified atom stereocenters. The van der Waals surface area contributed by atoms with Gasteiger partial charge in [0.2, 0.25) is 6.41 Å². The van der Waals surface area contributed by atoms with E-state index in [4.69, 9.17) is 21.4 Å². The monoisotopic (exact) mass is 470 g/mol. The van der Waals surface area contributed by atoms with Gasteiger partial charge in [-0.3, -0.25) is 9.59 Å². The van der Waals surface area contributed by atoms with Gasteiger partial charge in [0.25, 0.3) is 5.91 Å². The van der Waals surface area contributed by atoms with Crippen molar-refractivity contribution in [1.29, 1.82) is 0 Å². The number of hydrogen-bond donors (Lipinski definition) is 3. The first-order chi connectivity index (χ1) is 15.3. The number of rotatable bonds is 6. The number of carbonyl (C=O) groups excluding carboxylic acids is 2. The van der Waals surface area contributed by atoms with E-state index in [1.807, 2.05) is 6.92 Å². The highest BCUT2D eigenvalue weighted by molar-refractivity contribution is 6.30. The van der Waals surface area contributed by atoms with Crippen LogP contribution in [-0.2, 0) is 22.6 Å². The van der Waals surface area contributed by atoms with Gasteiger partial charge in [-0.15, -0.1) is 0 Å². The molecule has 1 aliphatic rings. The molecule has 0 bridgehead atoms. The molecule has 0 radical (unpaired) electrons. The average molecular weight is 471 g/mol. The maximum absolute atomic E-state index is 14.1. The number of aliphatic hydroxyl groups excluding tert-OH is 1. The number of halogens is 2. The van der Waals surface area contributed by atoms with Gasteiger partial charge >= 0.3 is 0 Å². The van der Waals surface area contributed by atoms with Crippen LogP contribution in [0.1, 0.15) is 49.4 Å². The largest absolute Gasteiger partial charge is 0.395 e. The lowest BCUT2D eigenvalue weighted by Crippen LogP contribution is -2.25. The Balaban J connectivity index is 0.000000432. The Labute approximate surface area is 193 Å². The summed E-state index contributed by atoms with van der Waals surface area (Å²) in [5.74, 6) is 0.106. The van der Waals surface area contributed by atoms with E-state index in [-0.39, 0.29) is 23.9 Å². The molecule has 0 fully saturated rings. The van der Waals surface area contributed by atoms with Gasteiger partial charge < -0.3 is 20.5 Å². The van der Waals surface area contributed by atoms with Gasteiger partial charge in [-0.05, 0) is 31.0 Å². The number of nitrogens with zero attached hydrogens (tertiary/aromatic N) is 2. The van der Waals surface area contributed by atoms with Gasteiger partial charge in [0.15, 0.2) is 5.69 Å². The van der Waals surface area contributed by atoms with Crippen molar-refractivity contribution in [3.8, 4) is 5.69 Å². The lowest BCUT2D eigenvalue weighted by molar-refractivity contribution is -0.109. The fourth-order valence-electron chi connectivity index (χ4n) is 2.63. The summed E-state index contributed by atoms with van der Waals surface area (Å²) in [6.45, 7) is 9.99. The standard InChI is InChI=1S/C15H15ClFN3O2.C4H10.C3H7NO2/c1-2-18-15(21)14-10-8-22-6-5-12(10)20(19-14)13-7-9(16)3-4-11(13)17;1-4(2)3;5-2-1-4-3-6/h3-4,7H,2,5-6,8H2,1H3,(H,18,21);4H,1-3H3;3,5H,1-2H2,(H,4,6). The van der Waals surface area contributed by atoms with Crippen molar-refractivity contribution in [3.63, 3.8) is 0 Å². The van der Waals surface area contributed by atoms with Crippen molar-refractivity contribution >= 4 is 23.9 Å². The summed E-state index contributed by atoms with van der Waals surface area (Å²) in [5, 5.41) is 17.7. The molecule has 2 heterocycles. The highest BCUT2D eigenvalue weighted by atomic mass is 35.5. The number of benzene rings is 1. The molecule has 178 valence electrons. The molecule has 0 spiro atoms. The number of nitrogens with one attached hydrogen (secondary N) is 2. The Kier molecular flexibility index (Phi) is 12.5. The first-order valence-electron chi connectivity index (χ1n) is 10.5. The summed E-state index contributed by atoms with van der Waals surface area (Å²) in [7, 11) is 0. The van der Waals surface area contributed by atoms with Crippen LogP contribution in [0.2, 0.25) is 5.02 Å². The Morgan fingerprint density at radius 3 is 2.66 bits per heavy atom. The molecule has 1 aromatic heterocycles. The van der Waals surface area contributed by atoms with Crippen LogP contribution >= 0.6 is 11.6 Å². The number of carbonyl (C=O) groups is 2. The van der Waals surface area contributed by atoms with Crippen molar-refractivity contribution < 1.29 is 23.8 Å². The third-order valence-electron chi connectivity index (χ3n) is 3.85. The van der Waals surface area contributed by atoms with Gasteiger partial charge in [0.1, 0.15) is 11.5 Å². The summed E-state index contributed by atoms with van der Waals surface area (Å²) in [6.07, 6.45) is 1.11. The van der Waals surface area contributed by atoms with E-state index in [1.54, 1.807) is 0 Å². The Morgan fingerprint density at radius 1 is 1.41 bits per heavy atom. The molecule has 3 N–H and O–H groups in total. The molecule has 10 heteroatoms. The summed E-state index contributed by atoms with van der Waals surface area (Å²) in [4.78, 5) is 21.5. The minimum Gasteiger partial charge on any atom is -0.395 e. The van der Waals surface area contributed by atoms with Crippen LogP contribution < -0.4 is 10.6 Å². The van der Waals surface area contributed by atoms with E-state index in [0.29, 0.717) is 49.7 Å². The minimum atomic E-state index is -0.441. The minimum absolute atomic E-state index is 0.0126. The molecule has 2 aromatic rings. The third kappa shape index (κ3) is 8.57. The van der Waals surface area contributed by atoms with E-state index < -0.39 is 5.82 Å². The van der Waals surface area contributed by atoms with Crippen molar-refractivity contribution in [2.24, 2.45) is 5.92 Å². The smallest absolute Gasteiger partial charge is 0.272 e. The quantitative estimate of drug-likeness (QED) is 0.444. The fraction of sp³-hybridized carbons (Fsp3) is 0.500. The highest BCUT2D eigenvalue weighted by Crippen LogP contribution is 2.26. The second kappa shape index (κ2) is 14.5. The normalized spacial score (nSPS) is 12.0. The number of fused-ring (bicyclic) bond motifs is 1. The summed E-state index contributed by atoms with van der Waals surface area (Å²) < 4.78 is 21.0. The van der Waals surface area contributed by atoms with Crippen LogP contribution in [-0.4, -0.2) is 53.5 Å². The molecule has 1 aliphatic heterocycles. The molecular weight excluding hydrogens is 439 g/mol. The maximum Gasteiger partial charge on any atom is 0.272 e. The first-order valence-corrected chi connectivity index (χ1v) is 10.8. The van der Waals surface area contributed by atoms with E-state index in [1.165, 1.54) is 22.9 Å². The van der Waals surface area contributed by atoms with Crippen LogP contribution in [0, 0.1) is 11.7 Å². The molecule has 0 saturated carbocycles. The van der Waals surface area contributed by atoms with Crippen LogP contribution in [0.4, 0.5) is 4.39 Å². The van der Waals surface area contributed by atoms with Crippen LogP contribution in [0.5, 0.6) is 0 Å². The molecule has 8 nitrogen and oxygen atoms in total. The lowest BCUT2D eigenvalue weighted by Gasteiger charge is -2.15. The fourth-order valence-corrected chi connectivity index (χ4v) is 2.80. The third-order valence-corrected chi connectivity index (χ3v) is 4.08. The lowest BCUT2D eigenvalue weighted by atomic mass is 10.1. The van der Waals surface area contributed by atoms with Crippen molar-refractivity contribution in [2.75, 3.05) is 26.3 Å². The number of aliphatic hydroxyl groups is 1. The zero-order valence-electron chi connectivity index (χ0n) is 19.0. The summed E-state index contributed by atoms with van der Waals surface area (Å²) >= 11 is 5.96. The van der Waals surface area contributed by atoms with Gasteiger partial charge in [-0.2, -0.15) is 5.10 Å². The molecule has 1 aromatic carbocycles. The second-order valence-electron chi connectivity index (χ2n) is 7.47. The molecular formula is C22H32ClFN4O4. The van der Waals surface area contributed by atoms with Crippen molar-refractivity contribution in [1.82, 2.24) is 20.4 Å². The summed E-state index contributed by atoms with van der Waals surface area (Å²) in [6, 6.07) is 4.27. The Hall–Kier alpha value is -2.49. The van der Waals surface area contributed by atoms with Gasteiger partial charge in [0.05, 0.1) is 25.5 Å². The number of amides is 2. The average Bonchev–Trinajstić information content (AvgIpc) is 3.14. The van der Waals surface area contributed by atoms with E-state index >= 15 is 0 Å². The Morgan fingerprint density at radius 2 is 2.09 bits per heavy atom. The van der Waals surface area contributed by atoms with Crippen LogP contribution in [0.25, 0.3) is 5.69 Å². The predicted molar refractivity (Wildman–Crippen MR) is 122 cm³/mol. The van der Waals surface area contributed by atoms with Crippen LogP contribution in [0.15, 0.2) is 18.2 Å². The van der Waals surface area contributed by atoms with Crippen molar-refractivity contribution in [3.05, 3.63) is 46.0 Å². The SMILES string of the molecule is CC(C)C.CCNC(=O)c1nn(-c2cc(Cl)ccc2F)c2c1COCC2.O=CNCCO. The molecule has 0 aliphatic carbocycles. The number of ether oxygens (including phenoxy) is 1. The molecule has 32 heavy (non-hydrogen) atoms. The predicted octanol–water partition coefficient (Wildman–Crippen LogP) is 2.87. The topological polar surface area (TPSA) is 105 Å². The number of aromatic nitrogens is 2. The van der Waals surface area contributed by atoms with Gasteiger partial charge in [-0.1, -0.05) is 32.4 Å². The van der Waals surface area contributed by atoms with Gasteiger partial charge in [0, 0.05) is 30.1 Å². The van der Waals surface area contributed by atoms with Gasteiger partial charge in [-0.25, -0.2) is 9.07 Å². The van der Waals surface area contributed by atoms with E-state index in [0.717, 1.165) is 11.6 Å².